The van der Waals surface area contributed by atoms with Gasteiger partial charge in [0.25, 0.3) is 0 Å². The topological polar surface area (TPSA) is 90.5 Å². The summed E-state index contributed by atoms with van der Waals surface area (Å²) in [6.45, 7) is 1.34. The second kappa shape index (κ2) is 12.6. The van der Waals surface area contributed by atoms with Gasteiger partial charge in [0.05, 0.1) is 6.42 Å². The predicted octanol–water partition coefficient (Wildman–Crippen LogP) is 4.22. The van der Waals surface area contributed by atoms with Gasteiger partial charge in [-0.05, 0) is 49.8 Å². The van der Waals surface area contributed by atoms with Crippen LogP contribution in [0.15, 0.2) is 60.7 Å². The van der Waals surface area contributed by atoms with Crippen molar-refractivity contribution in [1.29, 1.82) is 0 Å². The molecule has 3 N–H and O–H groups in total. The molecule has 2 aromatic rings. The molecule has 0 aromatic heterocycles. The molecule has 38 heavy (non-hydrogen) atoms. The van der Waals surface area contributed by atoms with E-state index < -0.39 is 6.04 Å². The number of hydrogen-bond acceptors (Lipinski definition) is 4. The van der Waals surface area contributed by atoms with E-state index in [1.54, 1.807) is 12.1 Å². The summed E-state index contributed by atoms with van der Waals surface area (Å²) < 4.78 is 0. The molecule has 1 saturated heterocycles. The number of hydrogen-bond donors (Lipinski definition) is 3. The van der Waals surface area contributed by atoms with E-state index in [0.717, 1.165) is 44.9 Å². The highest BCUT2D eigenvalue weighted by molar-refractivity contribution is 6.00. The van der Waals surface area contributed by atoms with Crippen LogP contribution in [-0.4, -0.2) is 53.8 Å². The molecule has 2 aromatic carbocycles. The van der Waals surface area contributed by atoms with Crippen LogP contribution in [-0.2, 0) is 14.4 Å². The average molecular weight is 517 g/mol. The molecule has 3 fully saturated rings. The third-order valence-corrected chi connectivity index (χ3v) is 8.34. The monoisotopic (exact) mass is 516 g/mol. The van der Waals surface area contributed by atoms with E-state index in [2.05, 4.69) is 46.3 Å². The van der Waals surface area contributed by atoms with Crippen molar-refractivity contribution in [3.05, 3.63) is 66.2 Å². The van der Waals surface area contributed by atoms with Crippen molar-refractivity contribution in [3.63, 3.8) is 0 Å². The Kier molecular flexibility index (Phi) is 8.74. The van der Waals surface area contributed by atoms with Gasteiger partial charge in [-0.15, -0.1) is 0 Å². The van der Waals surface area contributed by atoms with E-state index in [1.165, 1.54) is 12.0 Å². The van der Waals surface area contributed by atoms with E-state index in [0.29, 0.717) is 36.8 Å². The largest absolute Gasteiger partial charge is 0.344 e. The number of piperidine rings is 1. The van der Waals surface area contributed by atoms with Gasteiger partial charge in [0.1, 0.15) is 6.04 Å². The Morgan fingerprint density at radius 2 is 1.50 bits per heavy atom. The fraction of sp³-hybridized carbons (Fsp3) is 0.516. The van der Waals surface area contributed by atoms with Gasteiger partial charge < -0.3 is 20.9 Å². The molecule has 0 radical (unpaired) electrons. The molecule has 2 aliphatic carbocycles. The molecule has 3 amide bonds. The van der Waals surface area contributed by atoms with Crippen LogP contribution in [0.4, 0.5) is 5.69 Å². The van der Waals surface area contributed by atoms with Crippen LogP contribution in [0.5, 0.6) is 0 Å². The second-order valence-corrected chi connectivity index (χ2v) is 11.1. The highest BCUT2D eigenvalue weighted by atomic mass is 16.2. The van der Waals surface area contributed by atoms with Gasteiger partial charge in [0, 0.05) is 42.7 Å². The highest BCUT2D eigenvalue weighted by Gasteiger charge is 2.40. The Morgan fingerprint density at radius 1 is 0.842 bits per heavy atom. The van der Waals surface area contributed by atoms with Crippen molar-refractivity contribution >= 4 is 23.4 Å². The molecule has 0 spiro atoms. The molecule has 202 valence electrons. The lowest BCUT2D eigenvalue weighted by molar-refractivity contribution is -0.136. The summed E-state index contributed by atoms with van der Waals surface area (Å²) in [7, 11) is 0. The van der Waals surface area contributed by atoms with Gasteiger partial charge in [-0.1, -0.05) is 67.8 Å². The Bertz CT molecular complexity index is 1080. The second-order valence-electron chi connectivity index (χ2n) is 11.1. The van der Waals surface area contributed by atoms with Gasteiger partial charge >= 0.3 is 0 Å². The van der Waals surface area contributed by atoms with Gasteiger partial charge in [0.2, 0.25) is 17.7 Å². The Labute approximate surface area is 225 Å². The zero-order valence-electron chi connectivity index (χ0n) is 22.1. The molecule has 3 aliphatic rings. The summed E-state index contributed by atoms with van der Waals surface area (Å²) in [6, 6.07) is 19.9. The molecule has 0 bridgehead atoms. The Balaban J connectivity index is 1.13. The smallest absolute Gasteiger partial charge is 0.247 e. The van der Waals surface area contributed by atoms with E-state index in [1.807, 2.05) is 23.1 Å². The van der Waals surface area contributed by atoms with Gasteiger partial charge in [-0.2, -0.15) is 0 Å². The van der Waals surface area contributed by atoms with Crippen LogP contribution < -0.4 is 16.0 Å². The van der Waals surface area contributed by atoms with Crippen molar-refractivity contribution in [2.45, 2.75) is 81.8 Å². The van der Waals surface area contributed by atoms with Crippen molar-refractivity contribution in [2.75, 3.05) is 18.4 Å². The summed E-state index contributed by atoms with van der Waals surface area (Å²) in [6.07, 6.45) is 7.87. The summed E-state index contributed by atoms with van der Waals surface area (Å²) in [5.74, 6) is -0.00600. The molecule has 7 nitrogen and oxygen atoms in total. The maximum absolute atomic E-state index is 13.3. The number of para-hydroxylation sites is 1. The van der Waals surface area contributed by atoms with E-state index in [4.69, 9.17) is 0 Å². The van der Waals surface area contributed by atoms with Crippen LogP contribution in [0.3, 0.4) is 0 Å². The molecule has 5 rings (SSSR count). The maximum atomic E-state index is 13.3. The molecule has 1 aliphatic heterocycles. The molecule has 0 unspecified atom stereocenters. The zero-order valence-corrected chi connectivity index (χ0v) is 22.1. The zero-order chi connectivity index (χ0) is 26.3. The van der Waals surface area contributed by atoms with Gasteiger partial charge in [-0.3, -0.25) is 14.4 Å². The van der Waals surface area contributed by atoms with Crippen LogP contribution >= 0.6 is 0 Å². The number of likely N-dealkylation sites (tertiary alicyclic amines) is 1. The average Bonchev–Trinajstić information content (AvgIpc) is 3.73. The SMILES string of the molecule is O=C(N[C@@H](CC(=O)N1CCC(N[C@@H]2C[C@H]2c2ccccc2)CC1)C(=O)Nc1ccccc1)C1CCCCC1. The van der Waals surface area contributed by atoms with Crippen LogP contribution in [0.25, 0.3) is 0 Å². The van der Waals surface area contributed by atoms with Crippen LogP contribution in [0, 0.1) is 5.92 Å². The first-order chi connectivity index (χ1) is 18.6. The number of nitrogens with zero attached hydrogens (tertiary/aromatic N) is 1. The number of carbonyl (C=O) groups is 3. The fourth-order valence-corrected chi connectivity index (χ4v) is 5.96. The van der Waals surface area contributed by atoms with Crippen molar-refractivity contribution < 1.29 is 14.4 Å². The van der Waals surface area contributed by atoms with E-state index >= 15 is 0 Å². The molecule has 2 saturated carbocycles. The van der Waals surface area contributed by atoms with Gasteiger partial charge in [-0.25, -0.2) is 0 Å². The number of anilines is 1. The normalized spacial score (nSPS) is 22.9. The van der Waals surface area contributed by atoms with Gasteiger partial charge in [0.15, 0.2) is 0 Å². The lowest BCUT2D eigenvalue weighted by Gasteiger charge is -2.33. The molecule has 7 heteroatoms. The minimum absolute atomic E-state index is 0.0199. The highest BCUT2D eigenvalue weighted by Crippen LogP contribution is 2.41. The quantitative estimate of drug-likeness (QED) is 0.466. The number of nitrogens with one attached hydrogen (secondary N) is 3. The first kappa shape index (κ1) is 26.4. The minimum atomic E-state index is -0.883. The number of carbonyl (C=O) groups excluding carboxylic acids is 3. The standard InChI is InChI=1S/C31H40N4O3/c36-29(35-18-16-25(17-19-35)32-27-20-26(27)22-10-4-1-5-11-22)21-28(31(38)33-24-14-8-3-9-15-24)34-30(37)23-12-6-2-7-13-23/h1,3-5,8-11,14-15,23,25-28,32H,2,6-7,12-13,16-21H2,(H,33,38)(H,34,37)/t26-,27+,28-/m0/s1. The lowest BCUT2D eigenvalue weighted by atomic mass is 9.88. The van der Waals surface area contributed by atoms with Crippen molar-refractivity contribution in [1.82, 2.24) is 15.5 Å². The minimum Gasteiger partial charge on any atom is -0.344 e. The summed E-state index contributed by atoms with van der Waals surface area (Å²) in [5, 5.41) is 9.60. The van der Waals surface area contributed by atoms with E-state index in [9.17, 15) is 14.4 Å². The predicted molar refractivity (Wildman–Crippen MR) is 149 cm³/mol. The maximum Gasteiger partial charge on any atom is 0.247 e. The summed E-state index contributed by atoms with van der Waals surface area (Å²) in [5.41, 5.74) is 2.05. The van der Waals surface area contributed by atoms with Crippen LogP contribution in [0.1, 0.15) is 69.3 Å². The lowest BCUT2D eigenvalue weighted by Crippen LogP contribution is -2.51. The Morgan fingerprint density at radius 3 is 2.18 bits per heavy atom. The number of benzene rings is 2. The molecule has 1 heterocycles. The first-order valence-electron chi connectivity index (χ1n) is 14.3. The number of amides is 3. The van der Waals surface area contributed by atoms with E-state index in [-0.39, 0.29) is 30.1 Å². The first-order valence-corrected chi connectivity index (χ1v) is 14.3. The fourth-order valence-electron chi connectivity index (χ4n) is 5.96. The molecule has 3 atom stereocenters. The van der Waals surface area contributed by atoms with Crippen molar-refractivity contribution in [2.24, 2.45) is 5.92 Å². The summed E-state index contributed by atoms with van der Waals surface area (Å²) >= 11 is 0. The van der Waals surface area contributed by atoms with Crippen molar-refractivity contribution in [3.8, 4) is 0 Å². The molecular weight excluding hydrogens is 476 g/mol. The summed E-state index contributed by atoms with van der Waals surface area (Å²) in [4.78, 5) is 41.3. The third kappa shape index (κ3) is 7.01. The van der Waals surface area contributed by atoms with Crippen LogP contribution in [0.2, 0.25) is 0 Å². The Hall–Kier alpha value is -3.19. The number of rotatable bonds is 9. The third-order valence-electron chi connectivity index (χ3n) is 8.34. The molecular formula is C31H40N4O3.